The van der Waals surface area contributed by atoms with Gasteiger partial charge in [0.25, 0.3) is 10.0 Å². The molecule has 38 heavy (non-hydrogen) atoms. The number of pyridine rings is 1. The molecule has 3 N–H and O–H groups in total. The molecular formula is C22H16F3N5O5S3. The van der Waals surface area contributed by atoms with Crippen molar-refractivity contribution in [3.63, 3.8) is 0 Å². The van der Waals surface area contributed by atoms with Gasteiger partial charge < -0.3 is 15.1 Å². The number of furan rings is 1. The van der Waals surface area contributed by atoms with Crippen molar-refractivity contribution in [2.24, 2.45) is 10.7 Å². The lowest BCUT2D eigenvalue weighted by molar-refractivity contribution is -0.137. The first-order valence-electron chi connectivity index (χ1n) is 10.5. The van der Waals surface area contributed by atoms with Crippen LogP contribution in [0.15, 0.2) is 89.9 Å². The molecule has 16 heteroatoms. The number of aromatic nitrogens is 1. The Balaban J connectivity index is 1.32. The number of nitrogens with two attached hydrogens (primary N) is 1. The van der Waals surface area contributed by atoms with Gasteiger partial charge in [0, 0.05) is 17.6 Å². The molecule has 10 nitrogen and oxygen atoms in total. The zero-order chi connectivity index (χ0) is 27.3. The second kappa shape index (κ2) is 9.23. The summed E-state index contributed by atoms with van der Waals surface area (Å²) in [5.41, 5.74) is 6.65. The Morgan fingerprint density at radius 1 is 0.974 bits per heavy atom. The zero-order valence-corrected chi connectivity index (χ0v) is 21.3. The van der Waals surface area contributed by atoms with Gasteiger partial charge in [-0.15, -0.1) is 11.3 Å². The van der Waals surface area contributed by atoms with Gasteiger partial charge in [0.05, 0.1) is 17.4 Å². The molecule has 3 aromatic heterocycles. The molecule has 0 spiro atoms. The summed E-state index contributed by atoms with van der Waals surface area (Å²) >= 11 is 0.439. The van der Waals surface area contributed by atoms with E-state index in [2.05, 4.69) is 14.7 Å². The molecular weight excluding hydrogens is 567 g/mol. The SMILES string of the molecule is NC1c2ccoc2N=CN1c1ccc(NS(=O)(=O)c2ccc(S(=O)(=O)c3ccc(C(F)(F)F)cn3)s2)cc1. The first kappa shape index (κ1) is 25.9. The van der Waals surface area contributed by atoms with Gasteiger partial charge >= 0.3 is 6.18 Å². The van der Waals surface area contributed by atoms with Crippen LogP contribution in [-0.2, 0) is 26.0 Å². The number of hydrogen-bond donors (Lipinski definition) is 2. The number of nitrogens with zero attached hydrogens (tertiary/aromatic N) is 3. The van der Waals surface area contributed by atoms with E-state index >= 15 is 0 Å². The summed E-state index contributed by atoms with van der Waals surface area (Å²) in [7, 11) is -8.53. The van der Waals surface area contributed by atoms with E-state index in [4.69, 9.17) is 10.2 Å². The topological polar surface area (TPSA) is 148 Å². The number of anilines is 2. The highest BCUT2D eigenvalue weighted by atomic mass is 32.3. The van der Waals surface area contributed by atoms with Crippen molar-refractivity contribution < 1.29 is 34.4 Å². The summed E-state index contributed by atoms with van der Waals surface area (Å²) in [6, 6.07) is 11.4. The van der Waals surface area contributed by atoms with Gasteiger partial charge in [0.2, 0.25) is 15.7 Å². The van der Waals surface area contributed by atoms with Crippen LogP contribution in [0.2, 0.25) is 0 Å². The van der Waals surface area contributed by atoms with Gasteiger partial charge in [-0.25, -0.2) is 26.8 Å². The minimum absolute atomic E-state index is 0.197. The second-order valence-corrected chi connectivity index (χ2v) is 13.0. The van der Waals surface area contributed by atoms with Crippen LogP contribution in [0.3, 0.4) is 0 Å². The van der Waals surface area contributed by atoms with E-state index in [0.29, 0.717) is 40.7 Å². The maximum absolute atomic E-state index is 12.9. The molecule has 1 aromatic carbocycles. The minimum atomic E-state index is -4.68. The molecule has 4 aromatic rings. The van der Waals surface area contributed by atoms with E-state index in [1.165, 1.54) is 24.7 Å². The molecule has 1 atom stereocenters. The predicted octanol–water partition coefficient (Wildman–Crippen LogP) is 4.53. The van der Waals surface area contributed by atoms with Gasteiger partial charge in [0.1, 0.15) is 20.9 Å². The Bertz CT molecular complexity index is 1730. The quantitative estimate of drug-likeness (QED) is 0.337. The fourth-order valence-electron chi connectivity index (χ4n) is 3.51. The van der Waals surface area contributed by atoms with E-state index < -0.39 is 47.0 Å². The first-order valence-corrected chi connectivity index (χ1v) is 14.3. The number of hydrogen-bond acceptors (Lipinski definition) is 10. The third kappa shape index (κ3) is 4.78. The Morgan fingerprint density at radius 2 is 1.68 bits per heavy atom. The summed E-state index contributed by atoms with van der Waals surface area (Å²) in [5.74, 6) is 0.407. The average molecular weight is 584 g/mol. The Hall–Kier alpha value is -3.73. The number of thiophene rings is 1. The number of alkyl halides is 3. The number of sulfone groups is 1. The lowest BCUT2D eigenvalue weighted by Crippen LogP contribution is -2.35. The van der Waals surface area contributed by atoms with Crippen molar-refractivity contribution >= 4 is 54.8 Å². The average Bonchev–Trinajstić information content (AvgIpc) is 3.56. The van der Waals surface area contributed by atoms with Crippen LogP contribution in [0.1, 0.15) is 17.3 Å². The summed E-state index contributed by atoms with van der Waals surface area (Å²) in [6.45, 7) is 0. The van der Waals surface area contributed by atoms with Crippen molar-refractivity contribution in [2.75, 3.05) is 9.62 Å². The van der Waals surface area contributed by atoms with Crippen LogP contribution in [-0.4, -0.2) is 28.2 Å². The monoisotopic (exact) mass is 583 g/mol. The van der Waals surface area contributed by atoms with E-state index in [1.807, 2.05) is 0 Å². The molecule has 0 amide bonds. The molecule has 0 aliphatic carbocycles. The van der Waals surface area contributed by atoms with Crippen molar-refractivity contribution in [1.29, 1.82) is 0 Å². The van der Waals surface area contributed by atoms with Crippen LogP contribution >= 0.6 is 11.3 Å². The van der Waals surface area contributed by atoms with Gasteiger partial charge in [-0.1, -0.05) is 0 Å². The second-order valence-electron chi connectivity index (χ2n) is 7.89. The van der Waals surface area contributed by atoms with E-state index in [9.17, 15) is 30.0 Å². The van der Waals surface area contributed by atoms with Gasteiger partial charge in [-0.05, 0) is 54.6 Å². The van der Waals surface area contributed by atoms with Crippen LogP contribution in [0.25, 0.3) is 0 Å². The number of sulfonamides is 1. The molecule has 4 heterocycles. The molecule has 0 saturated carbocycles. The number of fused-ring (bicyclic) bond motifs is 1. The summed E-state index contributed by atoms with van der Waals surface area (Å²) in [4.78, 5) is 9.25. The van der Waals surface area contributed by atoms with E-state index in [0.717, 1.165) is 18.2 Å². The van der Waals surface area contributed by atoms with Gasteiger partial charge in [0.15, 0.2) is 5.03 Å². The fraction of sp³-hybridized carbons (Fsp3) is 0.0909. The van der Waals surface area contributed by atoms with Gasteiger partial charge in [-0.3, -0.25) is 4.72 Å². The van der Waals surface area contributed by atoms with E-state index in [-0.39, 0.29) is 9.90 Å². The fourth-order valence-corrected chi connectivity index (χ4v) is 7.63. The number of benzene rings is 1. The molecule has 1 aliphatic rings. The Kier molecular flexibility index (Phi) is 6.29. The normalized spacial score (nSPS) is 15.9. The van der Waals surface area contributed by atoms with Gasteiger partial charge in [-0.2, -0.15) is 13.2 Å². The van der Waals surface area contributed by atoms with Crippen molar-refractivity contribution in [3.8, 4) is 0 Å². The molecule has 1 unspecified atom stereocenters. The predicted molar refractivity (Wildman–Crippen MR) is 133 cm³/mol. The smallest absolute Gasteiger partial charge is 0.417 e. The number of nitrogens with one attached hydrogen (secondary N) is 1. The van der Waals surface area contributed by atoms with Crippen molar-refractivity contribution in [3.05, 3.63) is 78.2 Å². The van der Waals surface area contributed by atoms with Crippen molar-refractivity contribution in [1.82, 2.24) is 4.98 Å². The first-order chi connectivity index (χ1) is 17.9. The summed E-state index contributed by atoms with van der Waals surface area (Å²) in [6.07, 6.45) is -1.87. The minimum Gasteiger partial charge on any atom is -0.446 e. The molecule has 0 fully saturated rings. The maximum atomic E-state index is 12.9. The molecule has 0 saturated heterocycles. The molecule has 198 valence electrons. The van der Waals surface area contributed by atoms with E-state index in [1.54, 1.807) is 23.1 Å². The van der Waals surface area contributed by atoms with Crippen LogP contribution in [0, 0.1) is 0 Å². The molecule has 5 rings (SSSR count). The summed E-state index contributed by atoms with van der Waals surface area (Å²) in [5, 5.41) is -0.637. The maximum Gasteiger partial charge on any atom is 0.417 e. The van der Waals surface area contributed by atoms with Crippen LogP contribution in [0.4, 0.5) is 30.4 Å². The third-order valence-electron chi connectivity index (χ3n) is 5.44. The third-order valence-corrected chi connectivity index (χ3v) is 10.6. The molecule has 0 radical (unpaired) electrons. The highest BCUT2D eigenvalue weighted by Gasteiger charge is 2.32. The number of aliphatic imine (C=N–C) groups is 1. The standard InChI is InChI=1S/C22H16F3N5O5S3/c23-22(24,25)13-1-6-17(27-11-13)37(31,32)18-7-8-19(36-18)38(33,34)29-14-2-4-15(5-3-14)30-12-28-21-16(20(30)26)9-10-35-21/h1-12,20,29H,26H2. The number of rotatable bonds is 6. The van der Waals surface area contributed by atoms with Crippen molar-refractivity contribution in [2.45, 2.75) is 25.8 Å². The Morgan fingerprint density at radius 3 is 2.34 bits per heavy atom. The highest BCUT2D eigenvalue weighted by molar-refractivity contribution is 7.96. The summed E-state index contributed by atoms with van der Waals surface area (Å²) < 4.78 is 96.5. The zero-order valence-electron chi connectivity index (χ0n) is 18.8. The molecule has 1 aliphatic heterocycles. The lowest BCUT2D eigenvalue weighted by Gasteiger charge is -2.29. The Labute approximate surface area is 218 Å². The number of halogens is 3. The molecule has 0 bridgehead atoms. The lowest BCUT2D eigenvalue weighted by atomic mass is 10.2. The van der Waals surface area contributed by atoms with Crippen LogP contribution < -0.4 is 15.4 Å². The highest BCUT2D eigenvalue weighted by Crippen LogP contribution is 2.35. The largest absolute Gasteiger partial charge is 0.446 e. The van der Waals surface area contributed by atoms with Crippen LogP contribution in [0.5, 0.6) is 0 Å².